The van der Waals surface area contributed by atoms with Crippen molar-refractivity contribution in [2.24, 2.45) is 0 Å². The van der Waals surface area contributed by atoms with Gasteiger partial charge < -0.3 is 14.4 Å². The molecular formula is C18H25F3N4O3S. The summed E-state index contributed by atoms with van der Waals surface area (Å²) in [6.07, 6.45) is -3.12. The van der Waals surface area contributed by atoms with E-state index >= 15 is 0 Å². The van der Waals surface area contributed by atoms with Crippen molar-refractivity contribution in [3.05, 3.63) is 33.8 Å². The fraction of sp³-hybridized carbons (Fsp3) is 0.611. The highest BCUT2D eigenvalue weighted by atomic mass is 32.1. The Balaban J connectivity index is 0.000000370. The Labute approximate surface area is 171 Å². The SMILES string of the molecule is Cc1nc(COCc2cnc3n2CCN(C(C)C)C3C)cs1.O=C(O)C(F)(F)F. The number of thiazole rings is 1. The molecule has 0 spiro atoms. The lowest BCUT2D eigenvalue weighted by atomic mass is 10.1. The second kappa shape index (κ2) is 9.68. The second-order valence-corrected chi connectivity index (χ2v) is 7.98. The van der Waals surface area contributed by atoms with E-state index in [9.17, 15) is 13.2 Å². The molecule has 0 radical (unpaired) electrons. The molecule has 1 unspecified atom stereocenters. The van der Waals surface area contributed by atoms with Crippen LogP contribution >= 0.6 is 11.3 Å². The summed E-state index contributed by atoms with van der Waals surface area (Å²) in [5, 5.41) is 10.3. The second-order valence-electron chi connectivity index (χ2n) is 6.92. The molecule has 0 saturated carbocycles. The third-order valence-electron chi connectivity index (χ3n) is 4.49. The van der Waals surface area contributed by atoms with E-state index in [1.165, 1.54) is 0 Å². The van der Waals surface area contributed by atoms with Crippen LogP contribution in [0.15, 0.2) is 11.6 Å². The Morgan fingerprint density at radius 2 is 2.03 bits per heavy atom. The fourth-order valence-electron chi connectivity index (χ4n) is 3.13. The topological polar surface area (TPSA) is 80.5 Å². The first-order chi connectivity index (χ1) is 13.5. The standard InChI is InChI=1S/C16H24N4OS.C2HF3O2/c1-11(2)19-5-6-20-15(7-17-16(20)12(19)3)9-21-8-14-10-22-13(4)18-14;3-2(4,5)1(6)7/h7,10-12H,5-6,8-9H2,1-4H3;(H,6,7). The van der Waals surface area contributed by atoms with Crippen molar-refractivity contribution in [1.82, 2.24) is 19.4 Å². The first-order valence-electron chi connectivity index (χ1n) is 9.09. The first-order valence-corrected chi connectivity index (χ1v) is 9.97. The zero-order chi connectivity index (χ0) is 21.8. The maximum absolute atomic E-state index is 10.6. The molecular weight excluding hydrogens is 409 g/mol. The number of aliphatic carboxylic acids is 1. The predicted molar refractivity (Wildman–Crippen MR) is 102 cm³/mol. The van der Waals surface area contributed by atoms with Crippen LogP contribution in [0, 0.1) is 6.92 Å². The molecule has 1 aliphatic heterocycles. The van der Waals surface area contributed by atoms with Gasteiger partial charge in [0.15, 0.2) is 0 Å². The van der Waals surface area contributed by atoms with E-state index in [4.69, 9.17) is 14.6 Å². The number of ether oxygens (including phenoxy) is 1. The summed E-state index contributed by atoms with van der Waals surface area (Å²) in [6, 6.07) is 0.914. The molecule has 1 N–H and O–H groups in total. The van der Waals surface area contributed by atoms with Gasteiger partial charge in [0.1, 0.15) is 5.82 Å². The van der Waals surface area contributed by atoms with Gasteiger partial charge in [-0.15, -0.1) is 11.3 Å². The molecule has 0 saturated heterocycles. The Morgan fingerprint density at radius 1 is 1.38 bits per heavy atom. The van der Waals surface area contributed by atoms with Crippen LogP contribution in [0.1, 0.15) is 49.0 Å². The molecule has 3 heterocycles. The maximum atomic E-state index is 10.6. The number of carboxylic acid groups (broad SMARTS) is 1. The molecule has 0 amide bonds. The van der Waals surface area contributed by atoms with Crippen LogP contribution in [-0.4, -0.2) is 49.3 Å². The number of hydrogen-bond donors (Lipinski definition) is 1. The lowest BCUT2D eigenvalue weighted by Gasteiger charge is -2.37. The smallest absolute Gasteiger partial charge is 0.475 e. The van der Waals surface area contributed by atoms with Gasteiger partial charge >= 0.3 is 12.1 Å². The molecule has 1 aliphatic rings. The third-order valence-corrected chi connectivity index (χ3v) is 5.32. The van der Waals surface area contributed by atoms with Crippen LogP contribution < -0.4 is 0 Å². The predicted octanol–water partition coefficient (Wildman–Crippen LogP) is 3.78. The average Bonchev–Trinajstić information content (AvgIpc) is 3.21. The van der Waals surface area contributed by atoms with Crippen LogP contribution in [0.5, 0.6) is 0 Å². The molecule has 2 aromatic rings. The lowest BCUT2D eigenvalue weighted by Crippen LogP contribution is -2.41. The number of carbonyl (C=O) groups is 1. The van der Waals surface area contributed by atoms with E-state index in [1.54, 1.807) is 11.3 Å². The van der Waals surface area contributed by atoms with Gasteiger partial charge in [-0.3, -0.25) is 4.90 Å². The van der Waals surface area contributed by atoms with Crippen molar-refractivity contribution < 1.29 is 27.8 Å². The van der Waals surface area contributed by atoms with Crippen LogP contribution in [-0.2, 0) is 29.3 Å². The summed E-state index contributed by atoms with van der Waals surface area (Å²) < 4.78 is 39.9. The lowest BCUT2D eigenvalue weighted by molar-refractivity contribution is -0.192. The molecule has 7 nitrogen and oxygen atoms in total. The molecule has 2 aromatic heterocycles. The van der Waals surface area contributed by atoms with Gasteiger partial charge in [-0.1, -0.05) is 0 Å². The van der Waals surface area contributed by atoms with E-state index in [0.717, 1.165) is 35.3 Å². The molecule has 29 heavy (non-hydrogen) atoms. The Morgan fingerprint density at radius 3 is 2.55 bits per heavy atom. The van der Waals surface area contributed by atoms with E-state index in [2.05, 4.69) is 45.6 Å². The summed E-state index contributed by atoms with van der Waals surface area (Å²) in [4.78, 5) is 20.4. The maximum Gasteiger partial charge on any atom is 0.490 e. The van der Waals surface area contributed by atoms with Gasteiger partial charge in [0, 0.05) is 24.5 Å². The summed E-state index contributed by atoms with van der Waals surface area (Å²) in [6.45, 7) is 12.0. The number of imidazole rings is 1. The summed E-state index contributed by atoms with van der Waals surface area (Å²) in [5.74, 6) is -1.60. The van der Waals surface area contributed by atoms with Crippen molar-refractivity contribution in [1.29, 1.82) is 0 Å². The highest BCUT2D eigenvalue weighted by Gasteiger charge is 2.38. The Hall–Kier alpha value is -1.98. The Kier molecular flexibility index (Phi) is 7.78. The summed E-state index contributed by atoms with van der Waals surface area (Å²) in [7, 11) is 0. The largest absolute Gasteiger partial charge is 0.490 e. The molecule has 0 fully saturated rings. The van der Waals surface area contributed by atoms with Crippen molar-refractivity contribution in [2.75, 3.05) is 6.54 Å². The summed E-state index contributed by atoms with van der Waals surface area (Å²) >= 11 is 1.66. The zero-order valence-corrected chi connectivity index (χ0v) is 17.5. The molecule has 1 atom stereocenters. The third kappa shape index (κ3) is 6.25. The zero-order valence-electron chi connectivity index (χ0n) is 16.7. The van der Waals surface area contributed by atoms with E-state index in [1.807, 2.05) is 13.1 Å². The highest BCUT2D eigenvalue weighted by Crippen LogP contribution is 2.27. The van der Waals surface area contributed by atoms with Gasteiger partial charge in [-0.25, -0.2) is 14.8 Å². The number of aryl methyl sites for hydroxylation is 1. The minimum atomic E-state index is -5.08. The number of rotatable bonds is 5. The van der Waals surface area contributed by atoms with E-state index in [-0.39, 0.29) is 0 Å². The normalized spacial score (nSPS) is 17.0. The van der Waals surface area contributed by atoms with Crippen molar-refractivity contribution in [3.63, 3.8) is 0 Å². The number of alkyl halides is 3. The Bertz CT molecular complexity index is 820. The first kappa shape index (κ1) is 23.3. The van der Waals surface area contributed by atoms with Gasteiger partial charge in [0.05, 0.1) is 41.8 Å². The number of hydrogen-bond acceptors (Lipinski definition) is 6. The van der Waals surface area contributed by atoms with Crippen molar-refractivity contribution in [2.45, 2.75) is 65.7 Å². The molecule has 162 valence electrons. The average molecular weight is 434 g/mol. The van der Waals surface area contributed by atoms with Gasteiger partial charge in [0.2, 0.25) is 0 Å². The molecule has 3 rings (SSSR count). The van der Waals surface area contributed by atoms with Crippen molar-refractivity contribution in [3.8, 4) is 0 Å². The minimum Gasteiger partial charge on any atom is -0.475 e. The number of carboxylic acids is 1. The quantitative estimate of drug-likeness (QED) is 0.771. The van der Waals surface area contributed by atoms with Crippen LogP contribution in [0.25, 0.3) is 0 Å². The number of nitrogens with zero attached hydrogens (tertiary/aromatic N) is 4. The number of aromatic nitrogens is 3. The van der Waals surface area contributed by atoms with Crippen LogP contribution in [0.4, 0.5) is 13.2 Å². The van der Waals surface area contributed by atoms with E-state index < -0.39 is 12.1 Å². The molecule has 0 aliphatic carbocycles. The molecule has 0 aromatic carbocycles. The van der Waals surface area contributed by atoms with Crippen LogP contribution in [0.2, 0.25) is 0 Å². The fourth-order valence-corrected chi connectivity index (χ4v) is 3.73. The van der Waals surface area contributed by atoms with Gasteiger partial charge in [-0.05, 0) is 27.7 Å². The number of halogens is 3. The molecule has 0 bridgehead atoms. The van der Waals surface area contributed by atoms with Crippen LogP contribution in [0.3, 0.4) is 0 Å². The highest BCUT2D eigenvalue weighted by molar-refractivity contribution is 7.09. The van der Waals surface area contributed by atoms with Crippen molar-refractivity contribution >= 4 is 17.3 Å². The van der Waals surface area contributed by atoms with Gasteiger partial charge in [-0.2, -0.15) is 13.2 Å². The monoisotopic (exact) mass is 434 g/mol. The van der Waals surface area contributed by atoms with Gasteiger partial charge in [0.25, 0.3) is 0 Å². The molecule has 11 heteroatoms. The number of fused-ring (bicyclic) bond motifs is 1. The minimum absolute atomic E-state index is 0.365. The van der Waals surface area contributed by atoms with E-state index in [0.29, 0.717) is 25.3 Å². The summed E-state index contributed by atoms with van der Waals surface area (Å²) in [5.41, 5.74) is 2.18.